The van der Waals surface area contributed by atoms with Gasteiger partial charge < -0.3 is 19.5 Å². The first-order valence-electron chi connectivity index (χ1n) is 18.3. The van der Waals surface area contributed by atoms with Crippen molar-refractivity contribution in [3.8, 4) is 17.2 Å². The number of nitrogens with zero attached hydrogens (tertiary/aromatic N) is 1. The molecule has 0 aromatic heterocycles. The van der Waals surface area contributed by atoms with Crippen molar-refractivity contribution in [2.24, 2.45) is 0 Å². The molecular formula is C46H44N2O5. The Balaban J connectivity index is 0.939. The lowest BCUT2D eigenvalue weighted by Gasteiger charge is -2.37. The van der Waals surface area contributed by atoms with Crippen LogP contribution in [0.4, 0.5) is 5.69 Å². The zero-order valence-electron chi connectivity index (χ0n) is 29.9. The molecule has 0 atom stereocenters. The van der Waals surface area contributed by atoms with Gasteiger partial charge in [0.1, 0.15) is 17.2 Å². The van der Waals surface area contributed by atoms with Crippen molar-refractivity contribution < 1.29 is 23.8 Å². The second-order valence-electron chi connectivity index (χ2n) is 13.6. The molecule has 268 valence electrons. The van der Waals surface area contributed by atoms with E-state index in [-0.39, 0.29) is 18.4 Å². The summed E-state index contributed by atoms with van der Waals surface area (Å²) in [7, 11) is 1.31. The SMILES string of the molecule is COC(=O)c1ccccc1NC(=O)Cc1ccc(Oc2ccc3ccc(O[C@H]4CC[C@@H](N(Cc5ccccc5)Cc5ccccc5)CC4)cc3c2)cc1. The first-order chi connectivity index (χ1) is 26.0. The molecule has 1 fully saturated rings. The first-order valence-corrected chi connectivity index (χ1v) is 18.3. The number of carbonyl (C=O) groups is 2. The number of para-hydroxylation sites is 1. The number of hydrogen-bond acceptors (Lipinski definition) is 6. The molecule has 1 aliphatic carbocycles. The Morgan fingerprint density at radius 3 is 1.87 bits per heavy atom. The van der Waals surface area contributed by atoms with E-state index < -0.39 is 5.97 Å². The van der Waals surface area contributed by atoms with Crippen LogP contribution in [0.2, 0.25) is 0 Å². The van der Waals surface area contributed by atoms with Crippen LogP contribution in [-0.4, -0.2) is 36.0 Å². The van der Waals surface area contributed by atoms with Crippen LogP contribution in [0.3, 0.4) is 0 Å². The Labute approximate surface area is 311 Å². The summed E-state index contributed by atoms with van der Waals surface area (Å²) in [4.78, 5) is 27.4. The van der Waals surface area contributed by atoms with E-state index >= 15 is 0 Å². The summed E-state index contributed by atoms with van der Waals surface area (Å²) in [6.45, 7) is 1.88. The second kappa shape index (κ2) is 17.1. The van der Waals surface area contributed by atoms with Crippen molar-refractivity contribution in [1.29, 1.82) is 0 Å². The second-order valence-corrected chi connectivity index (χ2v) is 13.6. The molecule has 1 aliphatic rings. The molecule has 0 bridgehead atoms. The van der Waals surface area contributed by atoms with E-state index in [1.165, 1.54) is 18.2 Å². The molecule has 7 heteroatoms. The molecule has 0 aliphatic heterocycles. The van der Waals surface area contributed by atoms with Gasteiger partial charge in [0.15, 0.2) is 0 Å². The van der Waals surface area contributed by atoms with Crippen LogP contribution in [0, 0.1) is 0 Å². The Morgan fingerprint density at radius 1 is 0.623 bits per heavy atom. The highest BCUT2D eigenvalue weighted by molar-refractivity contribution is 6.01. The normalized spacial score (nSPS) is 15.5. The van der Waals surface area contributed by atoms with E-state index in [1.54, 1.807) is 24.3 Å². The fourth-order valence-corrected chi connectivity index (χ4v) is 7.08. The Hall–Kier alpha value is -5.92. The molecule has 1 N–H and O–H groups in total. The zero-order chi connectivity index (χ0) is 36.4. The van der Waals surface area contributed by atoms with Crippen LogP contribution in [0.25, 0.3) is 10.8 Å². The molecule has 1 saturated carbocycles. The van der Waals surface area contributed by atoms with E-state index in [4.69, 9.17) is 14.2 Å². The van der Waals surface area contributed by atoms with Gasteiger partial charge in [-0.2, -0.15) is 0 Å². The average molecular weight is 705 g/mol. The lowest BCUT2D eigenvalue weighted by Crippen LogP contribution is -2.39. The first kappa shape index (κ1) is 35.5. The predicted molar refractivity (Wildman–Crippen MR) is 209 cm³/mol. The van der Waals surface area contributed by atoms with Crippen molar-refractivity contribution in [2.45, 2.75) is 57.3 Å². The third kappa shape index (κ3) is 9.50. The Kier molecular flexibility index (Phi) is 11.4. The molecule has 7 nitrogen and oxygen atoms in total. The van der Waals surface area contributed by atoms with Crippen LogP contribution in [-0.2, 0) is 29.0 Å². The van der Waals surface area contributed by atoms with Crippen LogP contribution < -0.4 is 14.8 Å². The number of hydrogen-bond donors (Lipinski definition) is 1. The van der Waals surface area contributed by atoms with Crippen molar-refractivity contribution in [3.63, 3.8) is 0 Å². The van der Waals surface area contributed by atoms with Crippen molar-refractivity contribution in [2.75, 3.05) is 12.4 Å². The highest BCUT2D eigenvalue weighted by Crippen LogP contribution is 2.32. The molecule has 0 radical (unpaired) electrons. The van der Waals surface area contributed by atoms with Gasteiger partial charge >= 0.3 is 5.97 Å². The maximum Gasteiger partial charge on any atom is 0.339 e. The largest absolute Gasteiger partial charge is 0.490 e. The van der Waals surface area contributed by atoms with Gasteiger partial charge in [0.25, 0.3) is 0 Å². The smallest absolute Gasteiger partial charge is 0.339 e. The van der Waals surface area contributed by atoms with Crippen molar-refractivity contribution >= 4 is 28.3 Å². The summed E-state index contributed by atoms with van der Waals surface area (Å²) in [5.41, 5.74) is 4.24. The Morgan fingerprint density at radius 2 is 1.21 bits per heavy atom. The summed E-state index contributed by atoms with van der Waals surface area (Å²) >= 11 is 0. The minimum absolute atomic E-state index is 0.149. The summed E-state index contributed by atoms with van der Waals surface area (Å²) in [6, 6.07) is 48.6. The number of anilines is 1. The van der Waals surface area contributed by atoms with Crippen LogP contribution in [0.1, 0.15) is 52.7 Å². The number of methoxy groups -OCH3 is 1. The van der Waals surface area contributed by atoms with Gasteiger partial charge in [-0.3, -0.25) is 9.69 Å². The Bertz CT molecular complexity index is 2090. The number of amides is 1. The lowest BCUT2D eigenvalue weighted by atomic mass is 9.91. The van der Waals surface area contributed by atoms with E-state index in [0.29, 0.717) is 23.0 Å². The highest BCUT2D eigenvalue weighted by atomic mass is 16.5. The molecule has 0 unspecified atom stereocenters. The van der Waals surface area contributed by atoms with Crippen LogP contribution >= 0.6 is 0 Å². The standard InChI is InChI=1S/C46H44N2O5/c1-51-46(50)43-14-8-9-15-44(43)47-45(49)28-33-16-22-39(23-17-33)52-41-24-18-36-19-25-42(30-37(36)29-41)53-40-26-20-38(21-27-40)48(31-34-10-4-2-5-11-34)32-35-12-6-3-7-13-35/h2-19,22-25,29-30,38,40H,20-21,26-28,31-32H2,1H3,(H,47,49)/t38-,40+. The number of rotatable bonds is 13. The van der Waals surface area contributed by atoms with Gasteiger partial charge in [-0.05, 0) is 102 Å². The van der Waals surface area contributed by atoms with Gasteiger partial charge in [-0.25, -0.2) is 4.79 Å². The topological polar surface area (TPSA) is 77.1 Å². The number of fused-ring (bicyclic) bond motifs is 1. The third-order valence-corrected chi connectivity index (χ3v) is 9.83. The maximum atomic E-state index is 12.8. The van der Waals surface area contributed by atoms with Gasteiger partial charge in [0.05, 0.1) is 30.9 Å². The minimum Gasteiger partial charge on any atom is -0.490 e. The summed E-state index contributed by atoms with van der Waals surface area (Å²) in [6.07, 6.45) is 4.57. The maximum absolute atomic E-state index is 12.8. The number of benzene rings is 6. The van der Waals surface area contributed by atoms with Crippen molar-refractivity contribution in [1.82, 2.24) is 4.90 Å². The summed E-state index contributed by atoms with van der Waals surface area (Å²) < 4.78 is 17.6. The van der Waals surface area contributed by atoms with Crippen LogP contribution in [0.5, 0.6) is 17.2 Å². The molecule has 1 amide bonds. The summed E-state index contributed by atoms with van der Waals surface area (Å²) in [5, 5.41) is 4.97. The van der Waals surface area contributed by atoms with E-state index in [1.807, 2.05) is 36.4 Å². The molecule has 0 heterocycles. The number of ether oxygens (including phenoxy) is 3. The fourth-order valence-electron chi connectivity index (χ4n) is 7.08. The lowest BCUT2D eigenvalue weighted by molar-refractivity contribution is -0.115. The molecule has 0 spiro atoms. The summed E-state index contributed by atoms with van der Waals surface area (Å²) in [5.74, 6) is 1.53. The van der Waals surface area contributed by atoms with E-state index in [2.05, 4.69) is 95.1 Å². The van der Waals surface area contributed by atoms with Crippen molar-refractivity contribution in [3.05, 3.63) is 168 Å². The average Bonchev–Trinajstić information content (AvgIpc) is 3.19. The molecule has 6 aromatic carbocycles. The predicted octanol–water partition coefficient (Wildman–Crippen LogP) is 9.99. The number of nitrogens with one attached hydrogen (secondary N) is 1. The zero-order valence-corrected chi connectivity index (χ0v) is 29.9. The number of carbonyl (C=O) groups excluding carboxylic acids is 2. The van der Waals surface area contributed by atoms with E-state index in [9.17, 15) is 9.59 Å². The quantitative estimate of drug-likeness (QED) is 0.121. The van der Waals surface area contributed by atoms with Gasteiger partial charge in [0.2, 0.25) is 5.91 Å². The monoisotopic (exact) mass is 704 g/mol. The van der Waals surface area contributed by atoms with Gasteiger partial charge in [0, 0.05) is 19.1 Å². The van der Waals surface area contributed by atoms with Crippen LogP contribution in [0.15, 0.2) is 146 Å². The molecular weight excluding hydrogens is 661 g/mol. The number of esters is 1. The molecule has 53 heavy (non-hydrogen) atoms. The highest BCUT2D eigenvalue weighted by Gasteiger charge is 2.27. The molecule has 6 aromatic rings. The fraction of sp³-hybridized carbons (Fsp3) is 0.217. The van der Waals surface area contributed by atoms with Gasteiger partial charge in [-0.15, -0.1) is 0 Å². The minimum atomic E-state index is -0.501. The third-order valence-electron chi connectivity index (χ3n) is 9.83. The van der Waals surface area contributed by atoms with E-state index in [0.717, 1.165) is 66.6 Å². The molecule has 7 rings (SSSR count). The van der Waals surface area contributed by atoms with Gasteiger partial charge in [-0.1, -0.05) is 97.1 Å². The molecule has 0 saturated heterocycles.